The summed E-state index contributed by atoms with van der Waals surface area (Å²) in [6, 6.07) is 12.1. The highest BCUT2D eigenvalue weighted by Crippen LogP contribution is 2.31. The Hall–Kier alpha value is -3.35. The summed E-state index contributed by atoms with van der Waals surface area (Å²) in [4.78, 5) is 16.3. The predicted octanol–water partition coefficient (Wildman–Crippen LogP) is 3.43. The number of ether oxygens (including phenoxy) is 3. The number of carbonyl (C=O) groups is 1. The summed E-state index contributed by atoms with van der Waals surface area (Å²) in [7, 11) is -2.01. The highest BCUT2D eigenvalue weighted by Gasteiger charge is 2.38. The summed E-state index contributed by atoms with van der Waals surface area (Å²) in [6.45, 7) is 0.546. The molecule has 13 heteroatoms. The Labute approximate surface area is 210 Å². The van der Waals surface area contributed by atoms with E-state index < -0.39 is 15.7 Å². The maximum Gasteiger partial charge on any atom is 0.283 e. The molecule has 2 aromatic carbocycles. The van der Waals surface area contributed by atoms with Gasteiger partial charge in [-0.25, -0.2) is 8.42 Å². The molecule has 0 bridgehead atoms. The number of methoxy groups -OCH3 is 1. The second kappa shape index (κ2) is 10.1. The highest BCUT2D eigenvalue weighted by atomic mass is 35.5. The van der Waals surface area contributed by atoms with Crippen molar-refractivity contribution < 1.29 is 27.4 Å². The van der Waals surface area contributed by atoms with Crippen LogP contribution in [0.5, 0.6) is 17.2 Å². The van der Waals surface area contributed by atoms with Crippen LogP contribution in [0.2, 0.25) is 5.02 Å². The molecule has 35 heavy (non-hydrogen) atoms. The SMILES string of the molecule is COc1ccc(OCCOc2ccc(/C=C3\C(=N)N4N=C(S(C)(=O)=O)SC4=NC3=O)cc2Cl)cc1. The Balaban J connectivity index is 1.41. The zero-order chi connectivity index (χ0) is 25.2. The van der Waals surface area contributed by atoms with E-state index in [1.807, 2.05) is 0 Å². The van der Waals surface area contributed by atoms with Gasteiger partial charge in [-0.3, -0.25) is 10.2 Å². The molecule has 1 amide bonds. The molecule has 182 valence electrons. The van der Waals surface area contributed by atoms with E-state index in [2.05, 4.69) is 10.1 Å². The maximum absolute atomic E-state index is 12.5. The maximum atomic E-state index is 12.5. The molecule has 0 fully saturated rings. The van der Waals surface area contributed by atoms with E-state index in [9.17, 15) is 13.2 Å². The van der Waals surface area contributed by atoms with Gasteiger partial charge in [0.2, 0.25) is 19.4 Å². The first kappa shape index (κ1) is 24.8. The fourth-order valence-electron chi connectivity index (χ4n) is 3.00. The summed E-state index contributed by atoms with van der Waals surface area (Å²) in [6.07, 6.45) is 2.43. The lowest BCUT2D eigenvalue weighted by Crippen LogP contribution is -2.35. The van der Waals surface area contributed by atoms with Gasteiger partial charge in [-0.2, -0.15) is 10.0 Å². The van der Waals surface area contributed by atoms with Crippen LogP contribution in [0, 0.1) is 5.41 Å². The topological polar surface area (TPSA) is 131 Å². The zero-order valence-corrected chi connectivity index (χ0v) is 20.9. The number of benzene rings is 2. The van der Waals surface area contributed by atoms with Crippen molar-refractivity contribution in [2.45, 2.75) is 0 Å². The largest absolute Gasteiger partial charge is 0.497 e. The minimum absolute atomic E-state index is 0.0243. The summed E-state index contributed by atoms with van der Waals surface area (Å²) in [5.74, 6) is 0.885. The quantitative estimate of drug-likeness (QED) is 0.422. The van der Waals surface area contributed by atoms with Gasteiger partial charge < -0.3 is 14.2 Å². The normalized spacial score (nSPS) is 16.7. The average molecular weight is 535 g/mol. The van der Waals surface area contributed by atoms with Crippen LogP contribution in [0.3, 0.4) is 0 Å². The number of thioether (sulfide) groups is 1. The Kier molecular flexibility index (Phi) is 7.15. The number of amidine groups is 2. The number of sulfone groups is 1. The molecule has 0 radical (unpaired) electrons. The van der Waals surface area contributed by atoms with Crippen LogP contribution in [0.4, 0.5) is 0 Å². The third-order valence-corrected chi connectivity index (χ3v) is 7.56. The van der Waals surface area contributed by atoms with E-state index in [-0.39, 0.29) is 27.6 Å². The molecular weight excluding hydrogens is 516 g/mol. The third-order valence-electron chi connectivity index (χ3n) is 4.69. The lowest BCUT2D eigenvalue weighted by Gasteiger charge is -2.20. The molecule has 0 aromatic heterocycles. The number of carbonyl (C=O) groups excluding carboxylic acids is 1. The summed E-state index contributed by atoms with van der Waals surface area (Å²) in [5, 5.41) is 13.6. The van der Waals surface area contributed by atoms with Gasteiger partial charge >= 0.3 is 0 Å². The molecule has 0 saturated heterocycles. The fraction of sp³-hybridized carbons (Fsp3) is 0.182. The standard InChI is InChI=1S/C22H19ClN4O6S2/c1-31-14-4-6-15(7-5-14)32-9-10-33-18-8-3-13(12-17(18)23)11-16-19(24)27-21(25-20(16)28)34-22(26-27)35(2,29)30/h3-8,11-12,24H,9-10H2,1-2H3/b16-11+,24-19?. The van der Waals surface area contributed by atoms with Crippen molar-refractivity contribution in [1.29, 1.82) is 5.41 Å². The highest BCUT2D eigenvalue weighted by molar-refractivity contribution is 8.42. The first-order valence-corrected chi connectivity index (χ1v) is 13.1. The van der Waals surface area contributed by atoms with Crippen molar-refractivity contribution in [3.8, 4) is 17.2 Å². The number of halogens is 1. The van der Waals surface area contributed by atoms with Gasteiger partial charge in [0.25, 0.3) is 5.91 Å². The molecule has 0 atom stereocenters. The Morgan fingerprint density at radius 3 is 2.46 bits per heavy atom. The molecule has 0 unspecified atom stereocenters. The molecule has 2 aromatic rings. The van der Waals surface area contributed by atoms with E-state index in [0.717, 1.165) is 28.8 Å². The van der Waals surface area contributed by atoms with Crippen LogP contribution in [-0.4, -0.2) is 61.3 Å². The number of hydrogen-bond acceptors (Lipinski definition) is 9. The molecule has 4 rings (SSSR count). The summed E-state index contributed by atoms with van der Waals surface area (Å²) < 4.78 is 39.7. The van der Waals surface area contributed by atoms with Crippen LogP contribution in [-0.2, 0) is 14.6 Å². The van der Waals surface area contributed by atoms with Crippen molar-refractivity contribution >= 4 is 60.6 Å². The van der Waals surface area contributed by atoms with Crippen molar-refractivity contribution in [3.63, 3.8) is 0 Å². The molecule has 10 nitrogen and oxygen atoms in total. The molecule has 2 aliphatic rings. The lowest BCUT2D eigenvalue weighted by molar-refractivity contribution is -0.114. The number of hydrazone groups is 1. The number of aliphatic imine (C=N–C) groups is 1. The average Bonchev–Trinajstić information content (AvgIpc) is 3.26. The van der Waals surface area contributed by atoms with Crippen molar-refractivity contribution in [3.05, 3.63) is 58.6 Å². The van der Waals surface area contributed by atoms with Crippen LogP contribution in [0.1, 0.15) is 5.56 Å². The van der Waals surface area contributed by atoms with Crippen LogP contribution >= 0.6 is 23.4 Å². The number of rotatable bonds is 7. The molecular formula is C22H19ClN4O6S2. The van der Waals surface area contributed by atoms with E-state index in [1.165, 1.54) is 6.08 Å². The van der Waals surface area contributed by atoms with Crippen molar-refractivity contribution in [2.24, 2.45) is 10.1 Å². The molecule has 0 spiro atoms. The van der Waals surface area contributed by atoms with E-state index in [0.29, 0.717) is 28.7 Å². The molecule has 2 heterocycles. The zero-order valence-electron chi connectivity index (χ0n) is 18.5. The number of nitrogens with zero attached hydrogens (tertiary/aromatic N) is 3. The van der Waals surface area contributed by atoms with Gasteiger partial charge in [0, 0.05) is 6.26 Å². The molecule has 2 aliphatic heterocycles. The minimum atomic E-state index is -3.60. The van der Waals surface area contributed by atoms with Crippen LogP contribution in [0.25, 0.3) is 6.08 Å². The monoisotopic (exact) mass is 534 g/mol. The number of fused-ring (bicyclic) bond motifs is 1. The van der Waals surface area contributed by atoms with E-state index >= 15 is 0 Å². The Bertz CT molecular complexity index is 1390. The minimum Gasteiger partial charge on any atom is -0.497 e. The van der Waals surface area contributed by atoms with E-state index in [1.54, 1.807) is 49.6 Å². The van der Waals surface area contributed by atoms with Crippen LogP contribution < -0.4 is 14.2 Å². The summed E-state index contributed by atoms with van der Waals surface area (Å²) >= 11 is 7.06. The first-order valence-electron chi connectivity index (χ1n) is 10.0. The predicted molar refractivity (Wildman–Crippen MR) is 135 cm³/mol. The molecule has 0 saturated carbocycles. The number of hydrogen-bond donors (Lipinski definition) is 1. The first-order chi connectivity index (χ1) is 16.7. The van der Waals surface area contributed by atoms with Gasteiger partial charge in [-0.1, -0.05) is 17.7 Å². The second-order valence-electron chi connectivity index (χ2n) is 7.22. The van der Waals surface area contributed by atoms with Gasteiger partial charge in [-0.05, 0) is 59.8 Å². The lowest BCUT2D eigenvalue weighted by atomic mass is 10.1. The number of nitrogens with one attached hydrogen (secondary N) is 1. The van der Waals surface area contributed by atoms with Crippen molar-refractivity contribution in [1.82, 2.24) is 5.01 Å². The molecule has 1 N–H and O–H groups in total. The van der Waals surface area contributed by atoms with Gasteiger partial charge in [0.1, 0.15) is 30.5 Å². The third kappa shape index (κ3) is 5.66. The van der Waals surface area contributed by atoms with Gasteiger partial charge in [0.15, 0.2) is 5.84 Å². The number of amides is 1. The Morgan fingerprint density at radius 1 is 1.11 bits per heavy atom. The second-order valence-corrected chi connectivity index (χ2v) is 10.8. The molecule has 0 aliphatic carbocycles. The Morgan fingerprint density at radius 2 is 1.80 bits per heavy atom. The van der Waals surface area contributed by atoms with Crippen LogP contribution in [0.15, 0.2) is 58.1 Å². The van der Waals surface area contributed by atoms with Gasteiger partial charge in [0.05, 0.1) is 17.7 Å². The van der Waals surface area contributed by atoms with Gasteiger partial charge in [-0.15, -0.1) is 5.10 Å². The smallest absolute Gasteiger partial charge is 0.283 e. The van der Waals surface area contributed by atoms with E-state index in [4.69, 9.17) is 31.2 Å². The summed E-state index contributed by atoms with van der Waals surface area (Å²) in [5.41, 5.74) is 0.480. The fourth-order valence-corrected chi connectivity index (χ4v) is 4.93. The van der Waals surface area contributed by atoms with Crippen molar-refractivity contribution in [2.75, 3.05) is 26.6 Å².